The first-order valence-electron chi connectivity index (χ1n) is 6.62. The molecule has 0 unspecified atom stereocenters. The molecular weight excluding hydrogens is 378 g/mol. The smallest absolute Gasteiger partial charge is 0.352 e. The maximum atomic E-state index is 13.6. The number of hydrogen-bond acceptors (Lipinski definition) is 1. The Morgan fingerprint density at radius 1 is 1.13 bits per heavy atom. The summed E-state index contributed by atoms with van der Waals surface area (Å²) in [5.74, 6) is -0.953. The van der Waals surface area contributed by atoms with E-state index in [0.717, 1.165) is 12.1 Å². The molecule has 0 aromatic heterocycles. The lowest BCUT2D eigenvalue weighted by atomic mass is 10.1. The van der Waals surface area contributed by atoms with Crippen LogP contribution in [0.25, 0.3) is 0 Å². The Hall–Kier alpha value is -1.89. The molecule has 0 heterocycles. The number of amides is 1. The van der Waals surface area contributed by atoms with Crippen LogP contribution in [-0.2, 0) is 23.9 Å². The van der Waals surface area contributed by atoms with E-state index in [-0.39, 0.29) is 18.5 Å². The molecule has 7 heteroatoms. The van der Waals surface area contributed by atoms with Crippen molar-refractivity contribution < 1.29 is 22.4 Å². The summed E-state index contributed by atoms with van der Waals surface area (Å²) in [5.41, 5.74) is -0.263. The SMILES string of the molecule is O=C(Cc1cccc(C(F)(F)F)c1)NCc1ccc(Br)cc1F. The van der Waals surface area contributed by atoms with Crippen molar-refractivity contribution in [2.75, 3.05) is 0 Å². The fourth-order valence-corrected chi connectivity index (χ4v) is 2.30. The van der Waals surface area contributed by atoms with Crippen molar-refractivity contribution in [2.24, 2.45) is 0 Å². The van der Waals surface area contributed by atoms with Gasteiger partial charge in [0, 0.05) is 16.6 Å². The molecule has 0 atom stereocenters. The van der Waals surface area contributed by atoms with Crippen molar-refractivity contribution in [1.29, 1.82) is 0 Å². The molecule has 0 spiro atoms. The highest BCUT2D eigenvalue weighted by Gasteiger charge is 2.30. The van der Waals surface area contributed by atoms with Gasteiger partial charge in [-0.25, -0.2) is 4.39 Å². The Morgan fingerprint density at radius 2 is 1.87 bits per heavy atom. The summed E-state index contributed by atoms with van der Waals surface area (Å²) in [6.45, 7) is -0.0308. The third-order valence-electron chi connectivity index (χ3n) is 3.11. The number of hydrogen-bond donors (Lipinski definition) is 1. The van der Waals surface area contributed by atoms with Crippen molar-refractivity contribution in [2.45, 2.75) is 19.1 Å². The Balaban J connectivity index is 1.97. The van der Waals surface area contributed by atoms with Gasteiger partial charge in [0.25, 0.3) is 0 Å². The quantitative estimate of drug-likeness (QED) is 0.768. The highest BCUT2D eigenvalue weighted by atomic mass is 79.9. The highest BCUT2D eigenvalue weighted by molar-refractivity contribution is 9.10. The second-order valence-electron chi connectivity index (χ2n) is 4.89. The third-order valence-corrected chi connectivity index (χ3v) is 3.60. The summed E-state index contributed by atoms with van der Waals surface area (Å²) in [5, 5.41) is 2.49. The van der Waals surface area contributed by atoms with Gasteiger partial charge in [0.2, 0.25) is 5.91 Å². The fourth-order valence-electron chi connectivity index (χ4n) is 1.96. The standard InChI is InChI=1S/C16H12BrF4NO/c17-13-5-4-11(14(18)8-13)9-22-15(23)7-10-2-1-3-12(6-10)16(19,20)21/h1-6,8H,7,9H2,(H,22,23). The van der Waals surface area contributed by atoms with E-state index in [1.54, 1.807) is 6.07 Å². The number of carbonyl (C=O) groups is 1. The van der Waals surface area contributed by atoms with E-state index in [1.165, 1.54) is 24.3 Å². The van der Waals surface area contributed by atoms with Crippen molar-refractivity contribution >= 4 is 21.8 Å². The van der Waals surface area contributed by atoms with Gasteiger partial charge in [-0.15, -0.1) is 0 Å². The molecule has 23 heavy (non-hydrogen) atoms. The zero-order chi connectivity index (χ0) is 17.0. The maximum Gasteiger partial charge on any atom is 0.416 e. The summed E-state index contributed by atoms with van der Waals surface area (Å²) in [6.07, 6.45) is -4.66. The van der Waals surface area contributed by atoms with E-state index >= 15 is 0 Å². The summed E-state index contributed by atoms with van der Waals surface area (Å²) < 4.78 is 52.0. The first-order chi connectivity index (χ1) is 10.8. The van der Waals surface area contributed by atoms with Gasteiger partial charge in [-0.1, -0.05) is 40.2 Å². The molecule has 0 saturated heterocycles. The normalized spacial score (nSPS) is 11.3. The summed E-state index contributed by atoms with van der Waals surface area (Å²) in [4.78, 5) is 11.8. The number of halogens is 5. The zero-order valence-electron chi connectivity index (χ0n) is 11.8. The Bertz CT molecular complexity index is 715. The fraction of sp³-hybridized carbons (Fsp3) is 0.188. The monoisotopic (exact) mass is 389 g/mol. The van der Waals surface area contributed by atoms with E-state index < -0.39 is 23.5 Å². The van der Waals surface area contributed by atoms with Gasteiger partial charge >= 0.3 is 6.18 Å². The van der Waals surface area contributed by atoms with Gasteiger partial charge in [-0.05, 0) is 23.8 Å². The average molecular weight is 390 g/mol. The predicted octanol–water partition coefficient (Wildman–Crippen LogP) is 4.47. The van der Waals surface area contributed by atoms with Crippen molar-refractivity contribution in [1.82, 2.24) is 5.32 Å². The van der Waals surface area contributed by atoms with Gasteiger partial charge in [-0.3, -0.25) is 4.79 Å². The molecule has 0 aliphatic carbocycles. The van der Waals surface area contributed by atoms with Crippen LogP contribution in [0.2, 0.25) is 0 Å². The molecule has 2 aromatic rings. The summed E-state index contributed by atoms with van der Waals surface area (Å²) in [7, 11) is 0. The van der Waals surface area contributed by atoms with Gasteiger partial charge in [0.05, 0.1) is 12.0 Å². The van der Waals surface area contributed by atoms with Crippen molar-refractivity contribution in [3.8, 4) is 0 Å². The molecule has 0 saturated carbocycles. The zero-order valence-corrected chi connectivity index (χ0v) is 13.3. The molecule has 0 bridgehead atoms. The maximum absolute atomic E-state index is 13.6. The molecule has 1 N–H and O–H groups in total. The third kappa shape index (κ3) is 5.06. The minimum atomic E-state index is -4.45. The van der Waals surface area contributed by atoms with E-state index in [9.17, 15) is 22.4 Å². The Kier molecular flexibility index (Phi) is 5.41. The molecule has 0 radical (unpaired) electrons. The lowest BCUT2D eigenvalue weighted by molar-refractivity contribution is -0.137. The number of nitrogens with one attached hydrogen (secondary N) is 1. The molecule has 2 rings (SSSR count). The second-order valence-corrected chi connectivity index (χ2v) is 5.80. The molecule has 0 aliphatic heterocycles. The van der Waals surface area contributed by atoms with Crippen LogP contribution in [0.5, 0.6) is 0 Å². The van der Waals surface area contributed by atoms with Gasteiger partial charge in [-0.2, -0.15) is 13.2 Å². The van der Waals surface area contributed by atoms with Crippen molar-refractivity contribution in [3.05, 3.63) is 69.4 Å². The Morgan fingerprint density at radius 3 is 2.52 bits per heavy atom. The topological polar surface area (TPSA) is 29.1 Å². The minimum absolute atomic E-state index is 0.0308. The molecule has 0 aliphatic rings. The van der Waals surface area contributed by atoms with Gasteiger partial charge in [0.1, 0.15) is 5.82 Å². The average Bonchev–Trinajstić information content (AvgIpc) is 2.45. The number of carbonyl (C=O) groups excluding carboxylic acids is 1. The molecular formula is C16H12BrF4NO. The number of alkyl halides is 3. The van der Waals surface area contributed by atoms with E-state index in [2.05, 4.69) is 21.2 Å². The lowest BCUT2D eigenvalue weighted by Crippen LogP contribution is -2.25. The molecule has 1 amide bonds. The Labute approximate surface area is 138 Å². The largest absolute Gasteiger partial charge is 0.416 e. The first kappa shape index (κ1) is 17.5. The van der Waals surface area contributed by atoms with Crippen molar-refractivity contribution in [3.63, 3.8) is 0 Å². The second kappa shape index (κ2) is 7.12. The van der Waals surface area contributed by atoms with Gasteiger partial charge < -0.3 is 5.32 Å². The molecule has 122 valence electrons. The number of benzene rings is 2. The molecule has 2 nitrogen and oxygen atoms in total. The number of rotatable bonds is 4. The van der Waals surface area contributed by atoms with Crippen LogP contribution in [0.4, 0.5) is 17.6 Å². The van der Waals surface area contributed by atoms with E-state index in [1.807, 2.05) is 0 Å². The van der Waals surface area contributed by atoms with E-state index in [0.29, 0.717) is 10.0 Å². The summed E-state index contributed by atoms with van der Waals surface area (Å²) in [6, 6.07) is 8.99. The highest BCUT2D eigenvalue weighted by Crippen LogP contribution is 2.29. The lowest BCUT2D eigenvalue weighted by Gasteiger charge is -2.09. The van der Waals surface area contributed by atoms with E-state index in [4.69, 9.17) is 0 Å². The van der Waals surface area contributed by atoms with Crippen LogP contribution in [-0.4, -0.2) is 5.91 Å². The molecule has 2 aromatic carbocycles. The van der Waals surface area contributed by atoms with Crippen LogP contribution >= 0.6 is 15.9 Å². The van der Waals surface area contributed by atoms with Crippen LogP contribution < -0.4 is 5.32 Å². The summed E-state index contributed by atoms with van der Waals surface area (Å²) >= 11 is 3.12. The predicted molar refractivity (Wildman–Crippen MR) is 81.1 cm³/mol. The van der Waals surface area contributed by atoms with Crippen LogP contribution in [0.3, 0.4) is 0 Å². The van der Waals surface area contributed by atoms with Crippen LogP contribution in [0.1, 0.15) is 16.7 Å². The van der Waals surface area contributed by atoms with Gasteiger partial charge in [0.15, 0.2) is 0 Å². The van der Waals surface area contributed by atoms with Crippen LogP contribution in [0.15, 0.2) is 46.9 Å². The van der Waals surface area contributed by atoms with Crippen LogP contribution in [0, 0.1) is 5.82 Å². The molecule has 0 fully saturated rings. The minimum Gasteiger partial charge on any atom is -0.352 e. The first-order valence-corrected chi connectivity index (χ1v) is 7.42.